The molecule has 0 aliphatic carbocycles. The van der Waals surface area contributed by atoms with Crippen molar-refractivity contribution in [3.63, 3.8) is 0 Å². The molecule has 3 heterocycles. The summed E-state index contributed by atoms with van der Waals surface area (Å²) in [5.41, 5.74) is 3.00. The summed E-state index contributed by atoms with van der Waals surface area (Å²) in [6.45, 7) is 4.68. The SMILES string of the molecule is Cc1cc(Nc2nccn3c(-c4ccc(Cl)c(F)c4F)cnc23)ccc1C(=O)NCC1CCN(C)CC1. The molecule has 192 valence electrons. The molecule has 37 heavy (non-hydrogen) atoms. The van der Waals surface area contributed by atoms with E-state index in [2.05, 4.69) is 32.5 Å². The number of benzene rings is 2. The topological polar surface area (TPSA) is 74.6 Å². The Kier molecular flexibility index (Phi) is 7.08. The average molecular weight is 525 g/mol. The van der Waals surface area contributed by atoms with Crippen molar-refractivity contribution in [3.8, 4) is 11.3 Å². The summed E-state index contributed by atoms with van der Waals surface area (Å²) >= 11 is 5.70. The molecule has 0 radical (unpaired) electrons. The Labute approximate surface area is 218 Å². The van der Waals surface area contributed by atoms with E-state index in [1.54, 1.807) is 28.9 Å². The van der Waals surface area contributed by atoms with Crippen molar-refractivity contribution in [1.29, 1.82) is 0 Å². The first-order chi connectivity index (χ1) is 17.8. The van der Waals surface area contributed by atoms with Gasteiger partial charge in [-0.15, -0.1) is 0 Å². The van der Waals surface area contributed by atoms with Gasteiger partial charge in [0.1, 0.15) is 0 Å². The molecule has 10 heteroatoms. The van der Waals surface area contributed by atoms with E-state index >= 15 is 0 Å². The van der Waals surface area contributed by atoms with Gasteiger partial charge < -0.3 is 15.5 Å². The number of hydrogen-bond donors (Lipinski definition) is 2. The third kappa shape index (κ3) is 5.14. The minimum atomic E-state index is -1.10. The number of likely N-dealkylation sites (tertiary alicyclic amines) is 1. The lowest BCUT2D eigenvalue weighted by atomic mass is 9.97. The minimum Gasteiger partial charge on any atom is -0.352 e. The summed E-state index contributed by atoms with van der Waals surface area (Å²) in [6, 6.07) is 8.18. The second kappa shape index (κ2) is 10.4. The Morgan fingerprint density at radius 2 is 1.92 bits per heavy atom. The Bertz CT molecular complexity index is 1470. The maximum absolute atomic E-state index is 14.6. The first kappa shape index (κ1) is 25.1. The number of aromatic nitrogens is 3. The highest BCUT2D eigenvalue weighted by atomic mass is 35.5. The van der Waals surface area contributed by atoms with E-state index in [0.29, 0.717) is 35.2 Å². The molecule has 4 aromatic rings. The van der Waals surface area contributed by atoms with Crippen LogP contribution in [0.15, 0.2) is 48.9 Å². The van der Waals surface area contributed by atoms with E-state index in [9.17, 15) is 13.6 Å². The maximum atomic E-state index is 14.6. The molecule has 1 amide bonds. The molecule has 0 atom stereocenters. The van der Waals surface area contributed by atoms with Crippen molar-refractivity contribution in [3.05, 3.63) is 76.7 Å². The lowest BCUT2D eigenvalue weighted by Gasteiger charge is -2.29. The highest BCUT2D eigenvalue weighted by Gasteiger charge is 2.20. The van der Waals surface area contributed by atoms with Crippen molar-refractivity contribution < 1.29 is 13.6 Å². The number of rotatable bonds is 6. The highest BCUT2D eigenvalue weighted by molar-refractivity contribution is 6.30. The van der Waals surface area contributed by atoms with E-state index in [-0.39, 0.29) is 16.5 Å². The van der Waals surface area contributed by atoms with Crippen LogP contribution in [0.2, 0.25) is 5.02 Å². The lowest BCUT2D eigenvalue weighted by molar-refractivity contribution is 0.0938. The molecule has 1 saturated heterocycles. The van der Waals surface area contributed by atoms with Crippen molar-refractivity contribution in [2.45, 2.75) is 19.8 Å². The zero-order valence-corrected chi connectivity index (χ0v) is 21.3. The van der Waals surface area contributed by atoms with Crippen LogP contribution in [0.4, 0.5) is 20.3 Å². The van der Waals surface area contributed by atoms with Gasteiger partial charge in [-0.25, -0.2) is 18.7 Å². The van der Waals surface area contributed by atoms with E-state index in [1.165, 1.54) is 18.3 Å². The van der Waals surface area contributed by atoms with Crippen LogP contribution in [0.3, 0.4) is 0 Å². The Hall–Kier alpha value is -3.56. The lowest BCUT2D eigenvalue weighted by Crippen LogP contribution is -2.37. The zero-order valence-electron chi connectivity index (χ0n) is 20.6. The second-order valence-electron chi connectivity index (χ2n) is 9.45. The fourth-order valence-corrected chi connectivity index (χ4v) is 4.81. The van der Waals surface area contributed by atoms with E-state index in [1.807, 2.05) is 13.0 Å². The molecule has 2 N–H and O–H groups in total. The molecular weight excluding hydrogens is 498 g/mol. The molecule has 0 bridgehead atoms. The van der Waals surface area contributed by atoms with Crippen LogP contribution in [0.1, 0.15) is 28.8 Å². The molecule has 0 spiro atoms. The number of amides is 1. The first-order valence-electron chi connectivity index (χ1n) is 12.1. The molecule has 1 aliphatic heterocycles. The molecular formula is C27H27ClF2N6O. The number of fused-ring (bicyclic) bond motifs is 1. The van der Waals surface area contributed by atoms with Crippen LogP contribution in [-0.4, -0.2) is 51.9 Å². The average Bonchev–Trinajstić information content (AvgIpc) is 3.32. The number of carbonyl (C=O) groups excluding carboxylic acids is 1. The van der Waals surface area contributed by atoms with Gasteiger partial charge >= 0.3 is 0 Å². The second-order valence-corrected chi connectivity index (χ2v) is 9.85. The number of piperidine rings is 1. The third-order valence-corrected chi connectivity index (χ3v) is 7.15. The number of anilines is 2. The van der Waals surface area contributed by atoms with Crippen molar-refractivity contribution >= 4 is 34.7 Å². The van der Waals surface area contributed by atoms with Crippen molar-refractivity contribution in [2.24, 2.45) is 5.92 Å². The molecule has 2 aromatic carbocycles. The summed E-state index contributed by atoms with van der Waals surface area (Å²) in [5.74, 6) is -1.29. The molecule has 1 aliphatic rings. The van der Waals surface area contributed by atoms with Crippen LogP contribution >= 0.6 is 11.6 Å². The predicted molar refractivity (Wildman–Crippen MR) is 140 cm³/mol. The van der Waals surface area contributed by atoms with Gasteiger partial charge in [0, 0.05) is 35.8 Å². The van der Waals surface area contributed by atoms with Gasteiger partial charge in [-0.3, -0.25) is 9.20 Å². The van der Waals surface area contributed by atoms with E-state index < -0.39 is 11.6 Å². The van der Waals surface area contributed by atoms with Crippen LogP contribution in [0.5, 0.6) is 0 Å². The fraction of sp³-hybridized carbons (Fsp3) is 0.296. The van der Waals surface area contributed by atoms with Crippen molar-refractivity contribution in [1.82, 2.24) is 24.6 Å². The smallest absolute Gasteiger partial charge is 0.251 e. The monoisotopic (exact) mass is 524 g/mol. The van der Waals surface area contributed by atoms with Gasteiger partial charge in [-0.05, 0) is 81.7 Å². The van der Waals surface area contributed by atoms with Crippen LogP contribution < -0.4 is 10.6 Å². The maximum Gasteiger partial charge on any atom is 0.251 e. The number of aryl methyl sites for hydroxylation is 1. The van der Waals surface area contributed by atoms with Gasteiger partial charge in [-0.1, -0.05) is 11.6 Å². The standard InChI is InChI=1S/C27H27ClF2N6O/c1-16-13-18(3-4-19(16)27(37)33-14-17-7-10-35(2)11-8-17)34-25-26-32-15-22(36(26)12-9-31-25)20-5-6-21(28)24(30)23(20)29/h3-6,9,12-13,15,17H,7-8,10-11,14H2,1-2H3,(H,31,34)(H,33,37). The summed E-state index contributed by atoms with van der Waals surface area (Å²) in [7, 11) is 2.12. The molecule has 1 fully saturated rings. The van der Waals surface area contributed by atoms with Crippen LogP contribution in [-0.2, 0) is 0 Å². The predicted octanol–water partition coefficient (Wildman–Crippen LogP) is 5.45. The number of imidazole rings is 1. The molecule has 7 nitrogen and oxygen atoms in total. The van der Waals surface area contributed by atoms with Gasteiger partial charge in [0.25, 0.3) is 5.91 Å². The van der Waals surface area contributed by atoms with Gasteiger partial charge in [0.15, 0.2) is 23.1 Å². The number of nitrogens with zero attached hydrogens (tertiary/aromatic N) is 4. The number of hydrogen-bond acceptors (Lipinski definition) is 5. The van der Waals surface area contributed by atoms with Gasteiger partial charge in [0.05, 0.1) is 16.9 Å². The molecule has 0 unspecified atom stereocenters. The number of nitrogens with one attached hydrogen (secondary N) is 2. The molecule has 2 aromatic heterocycles. The van der Waals surface area contributed by atoms with E-state index in [4.69, 9.17) is 11.6 Å². The molecule has 5 rings (SSSR count). The summed E-state index contributed by atoms with van der Waals surface area (Å²) < 4.78 is 30.2. The fourth-order valence-electron chi connectivity index (χ4n) is 4.66. The largest absolute Gasteiger partial charge is 0.352 e. The Morgan fingerprint density at radius 3 is 2.68 bits per heavy atom. The summed E-state index contributed by atoms with van der Waals surface area (Å²) in [6.07, 6.45) is 6.80. The zero-order chi connectivity index (χ0) is 26.1. The number of carbonyl (C=O) groups is 1. The normalized spacial score (nSPS) is 14.7. The number of halogens is 3. The molecule has 0 saturated carbocycles. The van der Waals surface area contributed by atoms with Crippen LogP contribution in [0, 0.1) is 24.5 Å². The van der Waals surface area contributed by atoms with Crippen molar-refractivity contribution in [2.75, 3.05) is 32.0 Å². The highest BCUT2D eigenvalue weighted by Crippen LogP contribution is 2.31. The van der Waals surface area contributed by atoms with E-state index in [0.717, 1.165) is 37.2 Å². The van der Waals surface area contributed by atoms with Crippen LogP contribution in [0.25, 0.3) is 16.9 Å². The Balaban J connectivity index is 1.33. The van der Waals surface area contributed by atoms with Gasteiger partial charge in [0.2, 0.25) is 0 Å². The summed E-state index contributed by atoms with van der Waals surface area (Å²) in [5, 5.41) is 6.02. The first-order valence-corrected chi connectivity index (χ1v) is 12.5. The quantitative estimate of drug-likeness (QED) is 0.328. The Morgan fingerprint density at radius 1 is 1.14 bits per heavy atom. The minimum absolute atomic E-state index is 0.0398. The summed E-state index contributed by atoms with van der Waals surface area (Å²) in [4.78, 5) is 23.8. The van der Waals surface area contributed by atoms with Gasteiger partial charge in [-0.2, -0.15) is 0 Å². The third-order valence-electron chi connectivity index (χ3n) is 6.86.